The number of nitrogens with zero attached hydrogens (tertiary/aromatic N) is 2. The van der Waals surface area contributed by atoms with E-state index in [1.54, 1.807) is 6.92 Å². The van der Waals surface area contributed by atoms with Crippen LogP contribution in [0.3, 0.4) is 0 Å². The van der Waals surface area contributed by atoms with Gasteiger partial charge in [-0.1, -0.05) is 36.4 Å². The number of anilines is 1. The van der Waals surface area contributed by atoms with Crippen LogP contribution in [0.4, 0.5) is 5.69 Å². The lowest BCUT2D eigenvalue weighted by atomic mass is 9.92. The Hall–Kier alpha value is -2.92. The smallest absolute Gasteiger partial charge is 0.227 e. The molecule has 26 heavy (non-hydrogen) atoms. The number of nitrogens with one attached hydrogen (secondary N) is 1. The minimum absolute atomic E-state index is 0.0266. The van der Waals surface area contributed by atoms with Crippen molar-refractivity contribution in [3.8, 4) is 5.69 Å². The fourth-order valence-corrected chi connectivity index (χ4v) is 3.02. The van der Waals surface area contributed by atoms with Gasteiger partial charge in [-0.05, 0) is 50.6 Å². The number of hydrogen-bond donors (Lipinski definition) is 2. The summed E-state index contributed by atoms with van der Waals surface area (Å²) in [7, 11) is 0. The predicted molar refractivity (Wildman–Crippen MR) is 102 cm³/mol. The first-order valence-electron chi connectivity index (χ1n) is 8.57. The zero-order valence-electron chi connectivity index (χ0n) is 15.2. The molecule has 0 radical (unpaired) electrons. The molecule has 0 aliphatic rings. The molecule has 1 unspecified atom stereocenters. The molecule has 134 valence electrons. The Bertz CT molecular complexity index is 914. The summed E-state index contributed by atoms with van der Waals surface area (Å²) in [6.07, 6.45) is -0.0266. The van der Waals surface area contributed by atoms with Gasteiger partial charge in [0.25, 0.3) is 0 Å². The van der Waals surface area contributed by atoms with Gasteiger partial charge in [0, 0.05) is 11.4 Å². The first-order chi connectivity index (χ1) is 12.3. The maximum absolute atomic E-state index is 12.4. The SMILES string of the molecule is Cc1cc(C)n(-c2cccc(NC(=O)CC(C)(O)c3ccccc3)c2)n1. The molecule has 1 heterocycles. The maximum atomic E-state index is 12.4. The minimum atomic E-state index is -1.22. The van der Waals surface area contributed by atoms with Gasteiger partial charge in [-0.15, -0.1) is 0 Å². The van der Waals surface area contributed by atoms with Crippen LogP contribution in [0.5, 0.6) is 0 Å². The summed E-state index contributed by atoms with van der Waals surface area (Å²) in [6, 6.07) is 18.7. The highest BCUT2D eigenvalue weighted by Crippen LogP contribution is 2.25. The predicted octanol–water partition coefficient (Wildman–Crippen LogP) is 3.73. The fraction of sp³-hybridized carbons (Fsp3) is 0.238. The van der Waals surface area contributed by atoms with Crippen molar-refractivity contribution in [1.82, 2.24) is 9.78 Å². The molecule has 0 aliphatic carbocycles. The monoisotopic (exact) mass is 349 g/mol. The number of aliphatic hydroxyl groups is 1. The van der Waals surface area contributed by atoms with Crippen LogP contribution in [-0.2, 0) is 10.4 Å². The summed E-state index contributed by atoms with van der Waals surface area (Å²) in [4.78, 5) is 12.4. The number of amides is 1. The Labute approximate surface area is 153 Å². The van der Waals surface area contributed by atoms with E-state index in [1.807, 2.05) is 79.2 Å². The maximum Gasteiger partial charge on any atom is 0.227 e. The van der Waals surface area contributed by atoms with E-state index in [4.69, 9.17) is 0 Å². The van der Waals surface area contributed by atoms with E-state index in [1.165, 1.54) is 0 Å². The molecule has 2 N–H and O–H groups in total. The van der Waals surface area contributed by atoms with Gasteiger partial charge in [-0.3, -0.25) is 4.79 Å². The lowest BCUT2D eigenvalue weighted by Gasteiger charge is -2.23. The highest BCUT2D eigenvalue weighted by molar-refractivity contribution is 5.91. The number of aryl methyl sites for hydroxylation is 2. The van der Waals surface area contributed by atoms with Gasteiger partial charge < -0.3 is 10.4 Å². The van der Waals surface area contributed by atoms with E-state index in [2.05, 4.69) is 10.4 Å². The number of carbonyl (C=O) groups is 1. The molecule has 0 aliphatic heterocycles. The third kappa shape index (κ3) is 4.00. The number of hydrogen-bond acceptors (Lipinski definition) is 3. The van der Waals surface area contributed by atoms with Crippen LogP contribution in [0.1, 0.15) is 30.3 Å². The summed E-state index contributed by atoms with van der Waals surface area (Å²) in [6.45, 7) is 5.58. The van der Waals surface area contributed by atoms with Gasteiger partial charge >= 0.3 is 0 Å². The average Bonchev–Trinajstić information content (AvgIpc) is 2.94. The second-order valence-corrected chi connectivity index (χ2v) is 6.75. The van der Waals surface area contributed by atoms with E-state index in [-0.39, 0.29) is 12.3 Å². The third-order valence-corrected chi connectivity index (χ3v) is 4.28. The summed E-state index contributed by atoms with van der Waals surface area (Å²) in [5, 5.41) is 18.0. The van der Waals surface area contributed by atoms with Crippen molar-refractivity contribution >= 4 is 11.6 Å². The van der Waals surface area contributed by atoms with Crippen molar-refractivity contribution in [3.63, 3.8) is 0 Å². The van der Waals surface area contributed by atoms with Crippen LogP contribution >= 0.6 is 0 Å². The summed E-state index contributed by atoms with van der Waals surface area (Å²) >= 11 is 0. The molecular weight excluding hydrogens is 326 g/mol. The summed E-state index contributed by atoms with van der Waals surface area (Å²) < 4.78 is 1.84. The quantitative estimate of drug-likeness (QED) is 0.738. The summed E-state index contributed by atoms with van der Waals surface area (Å²) in [5.74, 6) is -0.246. The molecule has 1 amide bonds. The molecule has 1 atom stereocenters. The number of rotatable bonds is 5. The van der Waals surface area contributed by atoms with Gasteiger partial charge in [0.2, 0.25) is 5.91 Å². The van der Waals surface area contributed by atoms with Crippen molar-refractivity contribution < 1.29 is 9.90 Å². The lowest BCUT2D eigenvalue weighted by molar-refractivity contribution is -0.120. The normalized spacial score (nSPS) is 13.2. The Kier molecular flexibility index (Phi) is 4.91. The first kappa shape index (κ1) is 17.9. The molecule has 3 aromatic rings. The minimum Gasteiger partial charge on any atom is -0.385 e. The largest absolute Gasteiger partial charge is 0.385 e. The highest BCUT2D eigenvalue weighted by atomic mass is 16.3. The Morgan fingerprint density at radius 1 is 1.12 bits per heavy atom. The van der Waals surface area contributed by atoms with Crippen LogP contribution in [-0.4, -0.2) is 20.8 Å². The number of aromatic nitrogens is 2. The van der Waals surface area contributed by atoms with E-state index in [0.717, 1.165) is 17.1 Å². The zero-order valence-corrected chi connectivity index (χ0v) is 15.2. The molecular formula is C21H23N3O2. The highest BCUT2D eigenvalue weighted by Gasteiger charge is 2.26. The number of benzene rings is 2. The lowest BCUT2D eigenvalue weighted by Crippen LogP contribution is -2.28. The second kappa shape index (κ2) is 7.14. The molecule has 0 fully saturated rings. The molecule has 1 aromatic heterocycles. The third-order valence-electron chi connectivity index (χ3n) is 4.28. The van der Waals surface area contributed by atoms with Crippen LogP contribution in [0.15, 0.2) is 60.7 Å². The van der Waals surface area contributed by atoms with E-state index in [9.17, 15) is 9.90 Å². The molecule has 5 heteroatoms. The zero-order chi connectivity index (χ0) is 18.7. The molecule has 0 bridgehead atoms. The van der Waals surface area contributed by atoms with Gasteiger partial charge in [-0.2, -0.15) is 5.10 Å². The molecule has 5 nitrogen and oxygen atoms in total. The van der Waals surface area contributed by atoms with Crippen LogP contribution in [0, 0.1) is 13.8 Å². The van der Waals surface area contributed by atoms with Crippen LogP contribution in [0.2, 0.25) is 0 Å². The molecule has 0 spiro atoms. The van der Waals surface area contributed by atoms with E-state index >= 15 is 0 Å². The van der Waals surface area contributed by atoms with Gasteiger partial charge in [0.1, 0.15) is 0 Å². The average molecular weight is 349 g/mol. The Morgan fingerprint density at radius 2 is 1.85 bits per heavy atom. The Balaban J connectivity index is 1.74. The number of carbonyl (C=O) groups excluding carboxylic acids is 1. The Morgan fingerprint density at radius 3 is 2.50 bits per heavy atom. The van der Waals surface area contributed by atoms with Crippen LogP contribution < -0.4 is 5.32 Å². The fourth-order valence-electron chi connectivity index (χ4n) is 3.02. The van der Waals surface area contributed by atoms with Crippen molar-refractivity contribution in [2.24, 2.45) is 0 Å². The van der Waals surface area contributed by atoms with Crippen molar-refractivity contribution in [2.45, 2.75) is 32.8 Å². The van der Waals surface area contributed by atoms with Crippen molar-refractivity contribution in [3.05, 3.63) is 77.6 Å². The van der Waals surface area contributed by atoms with Crippen molar-refractivity contribution in [2.75, 3.05) is 5.32 Å². The van der Waals surface area contributed by atoms with Gasteiger partial charge in [0.15, 0.2) is 0 Å². The molecule has 2 aromatic carbocycles. The summed E-state index contributed by atoms with van der Waals surface area (Å²) in [5.41, 5.74) is 3.01. The van der Waals surface area contributed by atoms with Crippen LogP contribution in [0.25, 0.3) is 5.69 Å². The van der Waals surface area contributed by atoms with Crippen molar-refractivity contribution in [1.29, 1.82) is 0 Å². The molecule has 0 saturated heterocycles. The topological polar surface area (TPSA) is 67.2 Å². The van der Waals surface area contributed by atoms with Gasteiger partial charge in [0.05, 0.1) is 23.4 Å². The molecule has 0 saturated carbocycles. The van der Waals surface area contributed by atoms with E-state index < -0.39 is 5.60 Å². The van der Waals surface area contributed by atoms with Gasteiger partial charge in [-0.25, -0.2) is 4.68 Å². The van der Waals surface area contributed by atoms with E-state index in [0.29, 0.717) is 11.3 Å². The molecule has 3 rings (SSSR count). The first-order valence-corrected chi connectivity index (χ1v) is 8.57. The standard InChI is InChI=1S/C21H23N3O2/c1-15-12-16(2)24(23-15)19-11-7-10-18(13-19)22-20(25)14-21(3,26)17-8-5-4-6-9-17/h4-13,26H,14H2,1-3H3,(H,22,25). The second-order valence-electron chi connectivity index (χ2n) is 6.75.